The average Bonchev–Trinajstić information content (AvgIpc) is 2.40. The van der Waals surface area contributed by atoms with Crippen LogP contribution in [-0.2, 0) is 0 Å². The topological polar surface area (TPSA) is 38.8 Å². The predicted molar refractivity (Wildman–Crippen MR) is 74.5 cm³/mol. The van der Waals surface area contributed by atoms with E-state index >= 15 is 0 Å². The highest BCUT2D eigenvalue weighted by Crippen LogP contribution is 2.23. The molecule has 1 aromatic carbocycles. The molecule has 4 nitrogen and oxygen atoms in total. The standard InChI is InChI=1S/C13H17NO3S/c1-4-14(5-2)13(18)17-12-7-6-11(16-3)8-10(12)9-15/h6-9H,4-5H2,1-3H3. The van der Waals surface area contributed by atoms with Gasteiger partial charge >= 0.3 is 0 Å². The summed E-state index contributed by atoms with van der Waals surface area (Å²) in [7, 11) is 1.55. The second-order valence-corrected chi connectivity index (χ2v) is 3.91. The molecule has 0 fully saturated rings. The normalized spacial score (nSPS) is 9.72. The quantitative estimate of drug-likeness (QED) is 0.605. The van der Waals surface area contributed by atoms with Crippen molar-refractivity contribution < 1.29 is 14.3 Å². The molecule has 0 saturated heterocycles. The van der Waals surface area contributed by atoms with Gasteiger partial charge in [0.25, 0.3) is 5.17 Å². The summed E-state index contributed by atoms with van der Waals surface area (Å²) in [5.41, 5.74) is 0.420. The van der Waals surface area contributed by atoms with E-state index in [0.717, 1.165) is 19.4 Å². The average molecular weight is 267 g/mol. The molecule has 98 valence electrons. The molecule has 0 aliphatic rings. The molecule has 0 atom stereocenters. The fraction of sp³-hybridized carbons (Fsp3) is 0.385. The number of benzene rings is 1. The Kier molecular flexibility index (Phi) is 5.58. The van der Waals surface area contributed by atoms with E-state index in [1.54, 1.807) is 25.3 Å². The second-order valence-electron chi connectivity index (χ2n) is 3.56. The van der Waals surface area contributed by atoms with Crippen molar-refractivity contribution in [2.24, 2.45) is 0 Å². The van der Waals surface area contributed by atoms with Gasteiger partial charge in [-0.25, -0.2) is 0 Å². The molecule has 0 N–H and O–H groups in total. The number of ether oxygens (including phenoxy) is 2. The van der Waals surface area contributed by atoms with Gasteiger partial charge in [-0.1, -0.05) is 0 Å². The first-order valence-electron chi connectivity index (χ1n) is 5.76. The monoisotopic (exact) mass is 267 g/mol. The summed E-state index contributed by atoms with van der Waals surface area (Å²) in [6.07, 6.45) is 0.725. The molecule has 0 aliphatic heterocycles. The highest BCUT2D eigenvalue weighted by Gasteiger charge is 2.11. The Bertz CT molecular complexity index is 430. The van der Waals surface area contributed by atoms with Gasteiger partial charge in [0, 0.05) is 13.1 Å². The van der Waals surface area contributed by atoms with Crippen molar-refractivity contribution in [1.29, 1.82) is 0 Å². The maximum atomic E-state index is 11.0. The number of aldehydes is 1. The van der Waals surface area contributed by atoms with E-state index in [2.05, 4.69) is 0 Å². The maximum Gasteiger partial charge on any atom is 0.264 e. The van der Waals surface area contributed by atoms with Gasteiger partial charge < -0.3 is 14.4 Å². The molecule has 0 radical (unpaired) electrons. The maximum absolute atomic E-state index is 11.0. The summed E-state index contributed by atoms with van der Waals surface area (Å²) >= 11 is 5.18. The van der Waals surface area contributed by atoms with Crippen molar-refractivity contribution in [1.82, 2.24) is 4.90 Å². The van der Waals surface area contributed by atoms with Crippen LogP contribution in [0.5, 0.6) is 11.5 Å². The number of methoxy groups -OCH3 is 1. The largest absolute Gasteiger partial charge is 0.497 e. The number of rotatable bonds is 5. The Morgan fingerprint density at radius 3 is 2.56 bits per heavy atom. The van der Waals surface area contributed by atoms with E-state index < -0.39 is 0 Å². The van der Waals surface area contributed by atoms with Crippen LogP contribution in [0.2, 0.25) is 0 Å². The van der Waals surface area contributed by atoms with E-state index in [4.69, 9.17) is 21.7 Å². The van der Waals surface area contributed by atoms with Gasteiger partial charge in [0.1, 0.15) is 11.5 Å². The highest BCUT2D eigenvalue weighted by molar-refractivity contribution is 7.80. The number of carbonyl (C=O) groups is 1. The van der Waals surface area contributed by atoms with Crippen LogP contribution in [-0.4, -0.2) is 36.6 Å². The molecule has 0 saturated carbocycles. The lowest BCUT2D eigenvalue weighted by molar-refractivity contribution is 0.112. The van der Waals surface area contributed by atoms with Gasteiger partial charge in [-0.3, -0.25) is 4.79 Å². The molecule has 0 aliphatic carbocycles. The summed E-state index contributed by atoms with van der Waals surface area (Å²) in [6, 6.07) is 5.03. The zero-order valence-electron chi connectivity index (χ0n) is 10.8. The first-order chi connectivity index (χ1) is 8.65. The van der Waals surface area contributed by atoms with Crippen molar-refractivity contribution in [3.05, 3.63) is 23.8 Å². The first-order valence-corrected chi connectivity index (χ1v) is 6.17. The Labute approximate surface area is 112 Å². The summed E-state index contributed by atoms with van der Waals surface area (Å²) in [6.45, 7) is 5.52. The van der Waals surface area contributed by atoms with Crippen molar-refractivity contribution >= 4 is 23.7 Å². The van der Waals surface area contributed by atoms with Gasteiger partial charge in [0.2, 0.25) is 0 Å². The first kappa shape index (κ1) is 14.4. The molecule has 0 bridgehead atoms. The molecule has 5 heteroatoms. The van der Waals surface area contributed by atoms with Crippen LogP contribution < -0.4 is 9.47 Å². The zero-order valence-corrected chi connectivity index (χ0v) is 11.6. The number of hydrogen-bond acceptors (Lipinski definition) is 4. The molecule has 18 heavy (non-hydrogen) atoms. The lowest BCUT2D eigenvalue weighted by Gasteiger charge is -2.21. The Hall–Kier alpha value is -1.62. The Balaban J connectivity index is 2.90. The molecular formula is C13H17NO3S. The van der Waals surface area contributed by atoms with Gasteiger partial charge in [-0.2, -0.15) is 0 Å². The van der Waals surface area contributed by atoms with Crippen LogP contribution in [0.15, 0.2) is 18.2 Å². The van der Waals surface area contributed by atoms with Crippen molar-refractivity contribution in [2.45, 2.75) is 13.8 Å². The summed E-state index contributed by atoms with van der Waals surface area (Å²) < 4.78 is 10.6. The van der Waals surface area contributed by atoms with E-state index in [0.29, 0.717) is 22.2 Å². The fourth-order valence-corrected chi connectivity index (χ4v) is 1.83. The van der Waals surface area contributed by atoms with E-state index in [-0.39, 0.29) is 0 Å². The van der Waals surface area contributed by atoms with Gasteiger partial charge in [0.15, 0.2) is 6.29 Å². The molecule has 0 spiro atoms. The lowest BCUT2D eigenvalue weighted by atomic mass is 10.2. The number of hydrogen-bond donors (Lipinski definition) is 0. The third kappa shape index (κ3) is 3.43. The van der Waals surface area contributed by atoms with E-state index in [1.165, 1.54) is 0 Å². The number of carbonyl (C=O) groups excluding carboxylic acids is 1. The summed E-state index contributed by atoms with van der Waals surface area (Å²) in [4.78, 5) is 12.9. The van der Waals surface area contributed by atoms with E-state index in [1.807, 2.05) is 18.7 Å². The second kappa shape index (κ2) is 6.96. The predicted octanol–water partition coefficient (Wildman–Crippen LogP) is 2.51. The van der Waals surface area contributed by atoms with Crippen molar-refractivity contribution in [3.8, 4) is 11.5 Å². The molecule has 1 aromatic rings. The molecule has 0 amide bonds. The molecule has 1 rings (SSSR count). The smallest absolute Gasteiger partial charge is 0.264 e. The van der Waals surface area contributed by atoms with Crippen LogP contribution in [0.4, 0.5) is 0 Å². The molecule has 0 unspecified atom stereocenters. The minimum atomic E-state index is 0.369. The van der Waals surface area contributed by atoms with Gasteiger partial charge in [-0.05, 0) is 44.3 Å². The highest BCUT2D eigenvalue weighted by atomic mass is 32.1. The molecule has 0 aromatic heterocycles. The molecule has 0 heterocycles. The molecular weight excluding hydrogens is 250 g/mol. The van der Waals surface area contributed by atoms with Crippen molar-refractivity contribution in [2.75, 3.05) is 20.2 Å². The zero-order chi connectivity index (χ0) is 13.5. The summed E-state index contributed by atoms with van der Waals surface area (Å²) in [5, 5.41) is 0.369. The third-order valence-corrected chi connectivity index (χ3v) is 2.90. The minimum Gasteiger partial charge on any atom is -0.497 e. The van der Waals surface area contributed by atoms with Gasteiger partial charge in [-0.15, -0.1) is 0 Å². The van der Waals surface area contributed by atoms with Crippen LogP contribution in [0.1, 0.15) is 24.2 Å². The Morgan fingerprint density at radius 1 is 1.39 bits per heavy atom. The van der Waals surface area contributed by atoms with Crippen molar-refractivity contribution in [3.63, 3.8) is 0 Å². The van der Waals surface area contributed by atoms with Crippen LogP contribution in [0.3, 0.4) is 0 Å². The fourth-order valence-electron chi connectivity index (χ4n) is 1.48. The van der Waals surface area contributed by atoms with Crippen LogP contribution >= 0.6 is 12.2 Å². The van der Waals surface area contributed by atoms with Gasteiger partial charge in [0.05, 0.1) is 12.7 Å². The Morgan fingerprint density at radius 2 is 2.06 bits per heavy atom. The summed E-state index contributed by atoms with van der Waals surface area (Å²) in [5.74, 6) is 1.06. The minimum absolute atomic E-state index is 0.369. The lowest BCUT2D eigenvalue weighted by Crippen LogP contribution is -2.33. The van der Waals surface area contributed by atoms with E-state index in [9.17, 15) is 4.79 Å². The third-order valence-electron chi connectivity index (χ3n) is 2.56. The van der Waals surface area contributed by atoms with Crippen LogP contribution in [0.25, 0.3) is 0 Å². The number of nitrogens with zero attached hydrogens (tertiary/aromatic N) is 1. The number of thiocarbonyl (C=S) groups is 1. The van der Waals surface area contributed by atoms with Crippen LogP contribution in [0, 0.1) is 0 Å². The SMILES string of the molecule is CCN(CC)C(=S)Oc1ccc(OC)cc1C=O.